The van der Waals surface area contributed by atoms with E-state index in [1.165, 1.54) is 21.2 Å². The highest BCUT2D eigenvalue weighted by Gasteiger charge is 2.38. The van der Waals surface area contributed by atoms with E-state index in [0.29, 0.717) is 42.8 Å². The smallest absolute Gasteiger partial charge is 0.378 e. The number of aromatic nitrogens is 2. The van der Waals surface area contributed by atoms with E-state index in [4.69, 9.17) is 9.85 Å². The quantitative estimate of drug-likeness (QED) is 0.256. The first-order chi connectivity index (χ1) is 20.6. The van der Waals surface area contributed by atoms with Crippen LogP contribution < -0.4 is 5.69 Å². The van der Waals surface area contributed by atoms with Crippen molar-refractivity contribution in [3.63, 3.8) is 0 Å². The molecule has 0 N–H and O–H groups in total. The third kappa shape index (κ3) is 6.09. The number of halogens is 3. The highest BCUT2D eigenvalue weighted by Crippen LogP contribution is 2.46. The summed E-state index contributed by atoms with van der Waals surface area (Å²) in [4.78, 5) is 15.9. The van der Waals surface area contributed by atoms with Crippen molar-refractivity contribution in [2.45, 2.75) is 64.6 Å². The summed E-state index contributed by atoms with van der Waals surface area (Å²) in [7, 11) is 1.67. The van der Waals surface area contributed by atoms with Crippen molar-refractivity contribution >= 4 is 5.52 Å². The van der Waals surface area contributed by atoms with Crippen LogP contribution in [-0.2, 0) is 17.5 Å². The van der Waals surface area contributed by atoms with Crippen LogP contribution in [0, 0.1) is 18.4 Å². The molecule has 0 bridgehead atoms. The molecule has 10 heteroatoms. The normalized spacial score (nSPS) is 21.0. The van der Waals surface area contributed by atoms with E-state index in [9.17, 15) is 18.0 Å². The van der Waals surface area contributed by atoms with Crippen LogP contribution in [0.25, 0.3) is 11.2 Å². The lowest BCUT2D eigenvalue weighted by molar-refractivity contribution is -0.546. The maximum atomic E-state index is 14.3. The van der Waals surface area contributed by atoms with E-state index < -0.39 is 17.4 Å². The summed E-state index contributed by atoms with van der Waals surface area (Å²) in [6, 6.07) is 8.87. The molecule has 0 spiro atoms. The van der Waals surface area contributed by atoms with Crippen LogP contribution in [0.5, 0.6) is 0 Å². The number of pyridine rings is 1. The Morgan fingerprint density at radius 1 is 1.14 bits per heavy atom. The van der Waals surface area contributed by atoms with Gasteiger partial charge in [-0.15, -0.1) is 4.70 Å². The van der Waals surface area contributed by atoms with Gasteiger partial charge in [-0.1, -0.05) is 25.5 Å². The zero-order chi connectivity index (χ0) is 30.3. The average molecular weight is 596 g/mol. The monoisotopic (exact) mass is 595 g/mol. The van der Waals surface area contributed by atoms with Crippen molar-refractivity contribution in [3.05, 3.63) is 87.7 Å². The summed E-state index contributed by atoms with van der Waals surface area (Å²) in [6.07, 6.45) is 3.81. The molecule has 3 aromatic rings. The van der Waals surface area contributed by atoms with E-state index in [1.54, 1.807) is 19.4 Å². The summed E-state index contributed by atoms with van der Waals surface area (Å²) in [5.74, 6) is 0.957. The molecule has 7 nitrogen and oxygen atoms in total. The number of alkyl halides is 3. The number of azo groups is 2. The molecule has 229 valence electrons. The summed E-state index contributed by atoms with van der Waals surface area (Å²) in [5.41, 5.74) is 2.72. The van der Waals surface area contributed by atoms with Crippen LogP contribution in [-0.4, -0.2) is 51.9 Å². The van der Waals surface area contributed by atoms with Crippen molar-refractivity contribution in [1.29, 1.82) is 0 Å². The predicted molar refractivity (Wildman–Crippen MR) is 158 cm³/mol. The molecule has 2 atom stereocenters. The predicted octanol–water partition coefficient (Wildman–Crippen LogP) is 6.79. The lowest BCUT2D eigenvalue weighted by Gasteiger charge is -2.33. The van der Waals surface area contributed by atoms with E-state index in [0.717, 1.165) is 62.0 Å². The minimum atomic E-state index is -4.59. The fourth-order valence-electron chi connectivity index (χ4n) is 6.87. The number of piperidine rings is 1. The molecular weight excluding hydrogens is 555 g/mol. The van der Waals surface area contributed by atoms with Gasteiger partial charge in [-0.3, -0.25) is 13.9 Å². The van der Waals surface area contributed by atoms with Gasteiger partial charge in [0.25, 0.3) is 6.54 Å². The topological polar surface area (TPSA) is 54.3 Å². The molecule has 1 aliphatic carbocycles. The first-order valence-electron chi connectivity index (χ1n) is 15.3. The maximum absolute atomic E-state index is 14.3. The van der Waals surface area contributed by atoms with Gasteiger partial charge >= 0.3 is 11.9 Å². The standard InChI is InChI=1S/C33H40F3N5O2/c1-22-7-6-12-38(17-22)19-24-15-28(33(34,35)36)29-21-40(32(42)41(29)20-24)27-11-5-10-26(16-27)30(25-8-4-9-25)31-23(2)18-39(37-31)13-14-43-3/h5,10-11,15-16,18,20-22,25,30H,4,6-9,12-14,17,19H2,1-3H3/q+1/t22-,30-/m0/s1. The van der Waals surface area contributed by atoms with E-state index >= 15 is 0 Å². The van der Waals surface area contributed by atoms with Crippen LogP contribution in [0.2, 0.25) is 0 Å². The number of benzene rings is 1. The number of hydrogen-bond acceptors (Lipinski definition) is 4. The SMILES string of the molecule is COCC[N+]1=NC([C@H](c2cccc(-n3cc4c(C(F)(F)F)cc(CN5CCC[C@H](C)C5)cn4c3=O)c2)C2CCC2)=C(C)[CH]1. The van der Waals surface area contributed by atoms with Crippen LogP contribution >= 0.6 is 0 Å². The van der Waals surface area contributed by atoms with Gasteiger partial charge in [0.1, 0.15) is 12.3 Å². The summed E-state index contributed by atoms with van der Waals surface area (Å²) in [5, 5.41) is 4.92. The summed E-state index contributed by atoms with van der Waals surface area (Å²) >= 11 is 0. The van der Waals surface area contributed by atoms with Crippen molar-refractivity contribution in [1.82, 2.24) is 13.9 Å². The van der Waals surface area contributed by atoms with Gasteiger partial charge in [0.05, 0.1) is 16.8 Å². The Labute approximate surface area is 250 Å². The number of likely N-dealkylation sites (tertiary alicyclic amines) is 1. The fourth-order valence-corrected chi connectivity index (χ4v) is 6.87. The highest BCUT2D eigenvalue weighted by molar-refractivity contribution is 5.58. The van der Waals surface area contributed by atoms with Gasteiger partial charge in [0, 0.05) is 44.1 Å². The molecule has 6 rings (SSSR count). The molecule has 1 saturated carbocycles. The molecule has 2 aliphatic heterocycles. The number of allylic oxidation sites excluding steroid dienone is 1. The second-order valence-corrected chi connectivity index (χ2v) is 12.5. The third-order valence-corrected chi connectivity index (χ3v) is 9.21. The van der Waals surface area contributed by atoms with Gasteiger partial charge in [-0.25, -0.2) is 4.79 Å². The Morgan fingerprint density at radius 2 is 1.95 bits per heavy atom. The molecule has 3 aliphatic rings. The number of rotatable bonds is 9. The zero-order valence-electron chi connectivity index (χ0n) is 25.1. The number of nitrogens with zero attached hydrogens (tertiary/aromatic N) is 5. The van der Waals surface area contributed by atoms with E-state index in [1.807, 2.05) is 29.4 Å². The minimum Gasteiger partial charge on any atom is -0.378 e. The van der Waals surface area contributed by atoms with Gasteiger partial charge in [-0.2, -0.15) is 13.2 Å². The maximum Gasteiger partial charge on any atom is 0.418 e. The largest absolute Gasteiger partial charge is 0.418 e. The van der Waals surface area contributed by atoms with Crippen molar-refractivity contribution < 1.29 is 22.6 Å². The number of imidazole rings is 1. The second kappa shape index (κ2) is 12.0. The van der Waals surface area contributed by atoms with Crippen molar-refractivity contribution in [2.24, 2.45) is 17.0 Å². The molecule has 1 saturated heterocycles. The van der Waals surface area contributed by atoms with Crippen LogP contribution in [0.4, 0.5) is 13.2 Å². The Kier molecular flexibility index (Phi) is 8.35. The molecule has 1 radical (unpaired) electrons. The Morgan fingerprint density at radius 3 is 2.65 bits per heavy atom. The van der Waals surface area contributed by atoms with Crippen LogP contribution in [0.3, 0.4) is 0 Å². The van der Waals surface area contributed by atoms with Crippen molar-refractivity contribution in [2.75, 3.05) is 33.4 Å². The molecule has 4 heterocycles. The Hall–Kier alpha value is -3.24. The number of methoxy groups -OCH3 is 1. The van der Waals surface area contributed by atoms with Crippen molar-refractivity contribution in [3.8, 4) is 5.69 Å². The first kappa shape index (κ1) is 29.8. The van der Waals surface area contributed by atoms with Gasteiger partial charge in [0.2, 0.25) is 0 Å². The third-order valence-electron chi connectivity index (χ3n) is 9.21. The second-order valence-electron chi connectivity index (χ2n) is 12.5. The van der Waals surface area contributed by atoms with Gasteiger partial charge < -0.3 is 4.74 Å². The molecule has 1 aromatic carbocycles. The fraction of sp³-hybridized carbons (Fsp3) is 0.515. The zero-order valence-corrected chi connectivity index (χ0v) is 25.1. The van der Waals surface area contributed by atoms with Crippen LogP contribution in [0.15, 0.2) is 63.9 Å². The van der Waals surface area contributed by atoms with Crippen LogP contribution in [0.1, 0.15) is 68.6 Å². The summed E-state index contributed by atoms with van der Waals surface area (Å²) in [6.45, 7) is 9.56. The first-order valence-corrected chi connectivity index (χ1v) is 15.3. The molecule has 2 aromatic heterocycles. The molecule has 0 unspecified atom stereocenters. The highest BCUT2D eigenvalue weighted by atomic mass is 19.4. The Bertz CT molecular complexity index is 1610. The molecule has 2 fully saturated rings. The average Bonchev–Trinajstić information content (AvgIpc) is 3.47. The number of hydrogen-bond donors (Lipinski definition) is 0. The minimum absolute atomic E-state index is 0.0366. The lowest BCUT2D eigenvalue weighted by Crippen LogP contribution is -2.34. The number of ether oxygens (including phenoxy) is 1. The van der Waals surface area contributed by atoms with E-state index in [2.05, 4.69) is 18.7 Å². The van der Waals surface area contributed by atoms with E-state index in [-0.39, 0.29) is 11.4 Å². The lowest BCUT2D eigenvalue weighted by atomic mass is 9.71. The molecular formula is C33H40F3N5O2+. The number of fused-ring (bicyclic) bond motifs is 1. The summed E-state index contributed by atoms with van der Waals surface area (Å²) < 4.78 is 52.7. The molecule has 43 heavy (non-hydrogen) atoms. The Balaban J connectivity index is 1.39. The van der Waals surface area contributed by atoms with Gasteiger partial charge in [-0.05, 0) is 85.4 Å². The van der Waals surface area contributed by atoms with Gasteiger partial charge in [0.15, 0.2) is 6.54 Å². The molecule has 0 amide bonds.